The van der Waals surface area contributed by atoms with E-state index in [1.165, 1.54) is 6.08 Å². The Morgan fingerprint density at radius 1 is 1.33 bits per heavy atom. The van der Waals surface area contributed by atoms with Crippen LogP contribution in [0.1, 0.15) is 39.7 Å². The molecule has 1 aromatic rings. The van der Waals surface area contributed by atoms with E-state index in [2.05, 4.69) is 11.3 Å². The molecule has 0 spiro atoms. The van der Waals surface area contributed by atoms with Gasteiger partial charge in [-0.2, -0.15) is 0 Å². The minimum Gasteiger partial charge on any atom is -0.492 e. The van der Waals surface area contributed by atoms with E-state index in [9.17, 15) is 8.42 Å². The molecule has 0 aliphatic carbocycles. The Kier molecular flexibility index (Phi) is 5.98. The summed E-state index contributed by atoms with van der Waals surface area (Å²) in [6.07, 6.45) is 2.33. The van der Waals surface area contributed by atoms with Crippen LogP contribution in [0, 0.1) is 0 Å². The number of ether oxygens (including phenoxy) is 1. The Labute approximate surface area is 128 Å². The van der Waals surface area contributed by atoms with Crippen molar-refractivity contribution in [2.75, 3.05) is 13.2 Å². The van der Waals surface area contributed by atoms with E-state index in [1.54, 1.807) is 12.1 Å². The molecule has 4 nitrogen and oxygen atoms in total. The summed E-state index contributed by atoms with van der Waals surface area (Å²) in [5, 5.41) is 0. The van der Waals surface area contributed by atoms with Gasteiger partial charge in [0.05, 0.1) is 6.61 Å². The summed E-state index contributed by atoms with van der Waals surface area (Å²) in [6, 6.07) is 5.34. The van der Waals surface area contributed by atoms with Crippen LogP contribution in [-0.2, 0) is 15.4 Å². The molecule has 5 heteroatoms. The van der Waals surface area contributed by atoms with Crippen LogP contribution in [0.25, 0.3) is 0 Å². The van der Waals surface area contributed by atoms with Crippen LogP contribution in [0.5, 0.6) is 5.75 Å². The first-order valence-corrected chi connectivity index (χ1v) is 8.58. The van der Waals surface area contributed by atoms with E-state index in [1.807, 2.05) is 33.8 Å². The normalized spacial score (nSPS) is 12.2. The van der Waals surface area contributed by atoms with Gasteiger partial charge in [0.2, 0.25) is 10.0 Å². The van der Waals surface area contributed by atoms with Crippen molar-refractivity contribution in [3.8, 4) is 5.75 Å². The van der Waals surface area contributed by atoms with Gasteiger partial charge in [-0.25, -0.2) is 13.1 Å². The molecule has 118 valence electrons. The number of benzene rings is 1. The molecule has 0 saturated carbocycles. The minimum absolute atomic E-state index is 0.133. The van der Waals surface area contributed by atoms with Crippen molar-refractivity contribution in [2.24, 2.45) is 0 Å². The van der Waals surface area contributed by atoms with Crippen LogP contribution < -0.4 is 9.46 Å². The molecule has 0 aliphatic heterocycles. The van der Waals surface area contributed by atoms with E-state index >= 15 is 0 Å². The van der Waals surface area contributed by atoms with E-state index in [-0.39, 0.29) is 16.9 Å². The summed E-state index contributed by atoms with van der Waals surface area (Å²) in [4.78, 5) is 0.185. The van der Waals surface area contributed by atoms with Gasteiger partial charge in [-0.05, 0) is 29.5 Å². The second kappa shape index (κ2) is 7.09. The predicted molar refractivity (Wildman–Crippen MR) is 86.3 cm³/mol. The lowest BCUT2D eigenvalue weighted by Crippen LogP contribution is -2.25. The van der Waals surface area contributed by atoms with Gasteiger partial charge in [-0.1, -0.05) is 39.8 Å². The molecule has 0 heterocycles. The lowest BCUT2D eigenvalue weighted by molar-refractivity contribution is 0.308. The molecule has 21 heavy (non-hydrogen) atoms. The van der Waals surface area contributed by atoms with Crippen LogP contribution in [0.2, 0.25) is 0 Å². The van der Waals surface area contributed by atoms with Gasteiger partial charge < -0.3 is 4.74 Å². The topological polar surface area (TPSA) is 55.4 Å². The summed E-state index contributed by atoms with van der Waals surface area (Å²) in [5.74, 6) is 0.390. The smallest absolute Gasteiger partial charge is 0.244 e. The summed E-state index contributed by atoms with van der Waals surface area (Å²) < 4.78 is 32.9. The maximum atomic E-state index is 12.4. The van der Waals surface area contributed by atoms with E-state index < -0.39 is 10.0 Å². The fraction of sp³-hybridized carbons (Fsp3) is 0.500. The average Bonchev–Trinajstić information content (AvgIpc) is 2.41. The molecule has 1 aromatic carbocycles. The Morgan fingerprint density at radius 3 is 2.52 bits per heavy atom. The van der Waals surface area contributed by atoms with E-state index in [4.69, 9.17) is 4.74 Å². The van der Waals surface area contributed by atoms with Crippen molar-refractivity contribution in [1.82, 2.24) is 4.72 Å². The number of hydrogen-bond donors (Lipinski definition) is 1. The third-order valence-electron chi connectivity index (χ3n) is 2.98. The molecule has 0 aromatic heterocycles. The van der Waals surface area contributed by atoms with E-state index in [0.29, 0.717) is 12.4 Å². The Bertz CT molecular complexity index is 586. The van der Waals surface area contributed by atoms with Crippen LogP contribution in [0.3, 0.4) is 0 Å². The predicted octanol–water partition coefficient (Wildman–Crippen LogP) is 3.24. The standard InChI is InChI=1S/C16H25NO3S/c1-6-10-17-21(18,19)15-12-13(16(3,4)5)8-9-14(15)20-11-7-2/h6,8-9,12,17H,1,7,10-11H2,2-5H3. The molecule has 0 saturated heterocycles. The molecule has 0 fully saturated rings. The Morgan fingerprint density at radius 2 is 2.00 bits per heavy atom. The van der Waals surface area contributed by atoms with Crippen molar-refractivity contribution in [3.05, 3.63) is 36.4 Å². The number of sulfonamides is 1. The Balaban J connectivity index is 3.31. The highest BCUT2D eigenvalue weighted by Gasteiger charge is 2.23. The average molecular weight is 311 g/mol. The van der Waals surface area contributed by atoms with Gasteiger partial charge in [0, 0.05) is 6.54 Å². The quantitative estimate of drug-likeness (QED) is 0.787. The largest absolute Gasteiger partial charge is 0.492 e. The third kappa shape index (κ3) is 4.86. The SMILES string of the molecule is C=CCNS(=O)(=O)c1cc(C(C)(C)C)ccc1OCCC. The zero-order valence-electron chi connectivity index (χ0n) is 13.3. The van der Waals surface area contributed by atoms with Crippen LogP contribution in [0.15, 0.2) is 35.7 Å². The highest BCUT2D eigenvalue weighted by Crippen LogP contribution is 2.31. The summed E-state index contributed by atoms with van der Waals surface area (Å²) in [6.45, 7) is 12.3. The first-order chi connectivity index (χ1) is 9.72. The fourth-order valence-corrected chi connectivity index (χ4v) is 2.93. The molecule has 0 bridgehead atoms. The number of nitrogens with one attached hydrogen (secondary N) is 1. The van der Waals surface area contributed by atoms with Gasteiger partial charge >= 0.3 is 0 Å². The number of hydrogen-bond acceptors (Lipinski definition) is 3. The number of rotatable bonds is 7. The first kappa shape index (κ1) is 17.7. The third-order valence-corrected chi connectivity index (χ3v) is 4.42. The highest BCUT2D eigenvalue weighted by atomic mass is 32.2. The van der Waals surface area contributed by atoms with Gasteiger partial charge in [0.1, 0.15) is 10.6 Å². The van der Waals surface area contributed by atoms with Crippen LogP contribution in [0.4, 0.5) is 0 Å². The second-order valence-corrected chi connectivity index (χ2v) is 7.64. The van der Waals surface area contributed by atoms with Gasteiger partial charge in [-0.3, -0.25) is 0 Å². The van der Waals surface area contributed by atoms with Crippen molar-refractivity contribution < 1.29 is 13.2 Å². The lowest BCUT2D eigenvalue weighted by Gasteiger charge is -2.21. The Hall–Kier alpha value is -1.33. The van der Waals surface area contributed by atoms with Crippen LogP contribution >= 0.6 is 0 Å². The molecular formula is C16H25NO3S. The minimum atomic E-state index is -3.61. The maximum absolute atomic E-state index is 12.4. The maximum Gasteiger partial charge on any atom is 0.244 e. The van der Waals surface area contributed by atoms with Crippen molar-refractivity contribution >= 4 is 10.0 Å². The highest BCUT2D eigenvalue weighted by molar-refractivity contribution is 7.89. The van der Waals surface area contributed by atoms with Gasteiger partial charge in [0.15, 0.2) is 0 Å². The van der Waals surface area contributed by atoms with Gasteiger partial charge in [0.25, 0.3) is 0 Å². The molecular weight excluding hydrogens is 286 g/mol. The zero-order chi connectivity index (χ0) is 16.1. The summed E-state index contributed by atoms with van der Waals surface area (Å²) in [7, 11) is -3.61. The van der Waals surface area contributed by atoms with Gasteiger partial charge in [-0.15, -0.1) is 6.58 Å². The van der Waals surface area contributed by atoms with Crippen LogP contribution in [-0.4, -0.2) is 21.6 Å². The molecule has 1 rings (SSSR count). The molecule has 0 unspecified atom stereocenters. The summed E-state index contributed by atoms with van der Waals surface area (Å²) in [5.41, 5.74) is 0.816. The van der Waals surface area contributed by atoms with Crippen molar-refractivity contribution in [3.63, 3.8) is 0 Å². The summed E-state index contributed by atoms with van der Waals surface area (Å²) >= 11 is 0. The monoisotopic (exact) mass is 311 g/mol. The second-order valence-electron chi connectivity index (χ2n) is 5.90. The lowest BCUT2D eigenvalue weighted by atomic mass is 9.87. The molecule has 1 N–H and O–H groups in total. The first-order valence-electron chi connectivity index (χ1n) is 7.10. The zero-order valence-corrected chi connectivity index (χ0v) is 14.1. The molecule has 0 amide bonds. The molecule has 0 radical (unpaired) electrons. The molecule has 0 aliphatic rings. The molecule has 0 atom stereocenters. The van der Waals surface area contributed by atoms with Crippen molar-refractivity contribution in [2.45, 2.75) is 44.4 Å². The van der Waals surface area contributed by atoms with E-state index in [0.717, 1.165) is 12.0 Å². The fourth-order valence-electron chi connectivity index (χ4n) is 1.76. The van der Waals surface area contributed by atoms with Crippen molar-refractivity contribution in [1.29, 1.82) is 0 Å².